The van der Waals surface area contributed by atoms with Crippen LogP contribution in [0.4, 0.5) is 0 Å². The quantitative estimate of drug-likeness (QED) is 0.841. The van der Waals surface area contributed by atoms with Crippen LogP contribution >= 0.6 is 22.9 Å². The average molecular weight is 338 g/mol. The minimum absolute atomic E-state index is 0.177. The number of thiophene rings is 1. The van der Waals surface area contributed by atoms with Crippen molar-refractivity contribution in [3.8, 4) is 0 Å². The van der Waals surface area contributed by atoms with Crippen LogP contribution in [0.2, 0.25) is 5.02 Å². The van der Waals surface area contributed by atoms with E-state index in [1.807, 2.05) is 16.8 Å². The summed E-state index contributed by atoms with van der Waals surface area (Å²) in [7, 11) is 0. The van der Waals surface area contributed by atoms with E-state index < -0.39 is 12.0 Å². The fourth-order valence-corrected chi connectivity index (χ4v) is 2.97. The van der Waals surface area contributed by atoms with Gasteiger partial charge in [-0.1, -0.05) is 23.7 Å². The second-order valence-corrected chi connectivity index (χ2v) is 6.21. The molecular weight excluding hydrogens is 322 g/mol. The third-order valence-corrected chi connectivity index (χ3v) is 4.36. The first-order chi connectivity index (χ1) is 10.5. The fourth-order valence-electron chi connectivity index (χ4n) is 2.09. The molecule has 6 heteroatoms. The molecule has 22 heavy (non-hydrogen) atoms. The van der Waals surface area contributed by atoms with E-state index in [9.17, 15) is 9.59 Å². The number of carbonyl (C=O) groups is 2. The van der Waals surface area contributed by atoms with Gasteiger partial charge in [-0.2, -0.15) is 11.3 Å². The van der Waals surface area contributed by atoms with E-state index in [2.05, 4.69) is 5.32 Å². The minimum Gasteiger partial charge on any atom is -0.481 e. The van der Waals surface area contributed by atoms with Crippen LogP contribution in [0.25, 0.3) is 0 Å². The number of benzene rings is 1. The van der Waals surface area contributed by atoms with Crippen LogP contribution in [0, 0.1) is 0 Å². The smallest absolute Gasteiger partial charge is 0.305 e. The van der Waals surface area contributed by atoms with E-state index in [0.29, 0.717) is 5.02 Å². The van der Waals surface area contributed by atoms with Gasteiger partial charge in [-0.05, 0) is 47.0 Å². The van der Waals surface area contributed by atoms with Gasteiger partial charge in [0.2, 0.25) is 5.91 Å². The third-order valence-electron chi connectivity index (χ3n) is 3.40. The summed E-state index contributed by atoms with van der Waals surface area (Å²) in [6.07, 6.45) is -0.177. The van der Waals surface area contributed by atoms with E-state index in [4.69, 9.17) is 16.7 Å². The summed E-state index contributed by atoms with van der Waals surface area (Å²) in [5, 5.41) is 16.3. The Kier molecular flexibility index (Phi) is 5.57. The Labute approximate surface area is 137 Å². The number of aliphatic carboxylic acids is 1. The number of hydrogen-bond donors (Lipinski definition) is 2. The molecule has 116 valence electrons. The van der Waals surface area contributed by atoms with Gasteiger partial charge in [0.25, 0.3) is 0 Å². The highest BCUT2D eigenvalue weighted by molar-refractivity contribution is 7.08. The number of rotatable bonds is 6. The van der Waals surface area contributed by atoms with Crippen LogP contribution < -0.4 is 5.32 Å². The molecule has 2 aromatic rings. The molecule has 1 amide bonds. The molecule has 0 fully saturated rings. The van der Waals surface area contributed by atoms with Crippen molar-refractivity contribution in [3.63, 3.8) is 0 Å². The normalized spacial score (nSPS) is 13.4. The zero-order chi connectivity index (χ0) is 16.1. The molecule has 0 aliphatic heterocycles. The zero-order valence-electron chi connectivity index (χ0n) is 12.0. The number of halogens is 1. The van der Waals surface area contributed by atoms with Gasteiger partial charge in [0.1, 0.15) is 0 Å². The monoisotopic (exact) mass is 337 g/mol. The Bertz CT molecular complexity index is 640. The largest absolute Gasteiger partial charge is 0.481 e. The van der Waals surface area contributed by atoms with Crippen molar-refractivity contribution in [2.75, 3.05) is 0 Å². The van der Waals surface area contributed by atoms with Gasteiger partial charge in [0.05, 0.1) is 18.4 Å². The van der Waals surface area contributed by atoms with Crippen molar-refractivity contribution in [2.45, 2.75) is 25.3 Å². The molecule has 0 radical (unpaired) electrons. The maximum absolute atomic E-state index is 12.3. The van der Waals surface area contributed by atoms with Gasteiger partial charge in [-0.25, -0.2) is 0 Å². The predicted octanol–water partition coefficient (Wildman–Crippen LogP) is 3.84. The maximum atomic E-state index is 12.3. The molecule has 1 heterocycles. The van der Waals surface area contributed by atoms with Crippen molar-refractivity contribution in [1.82, 2.24) is 5.32 Å². The first-order valence-electron chi connectivity index (χ1n) is 6.77. The lowest BCUT2D eigenvalue weighted by molar-refractivity contribution is -0.137. The number of carboxylic acids is 1. The summed E-state index contributed by atoms with van der Waals surface area (Å²) in [6.45, 7) is 1.80. The second-order valence-electron chi connectivity index (χ2n) is 4.99. The highest BCUT2D eigenvalue weighted by Crippen LogP contribution is 2.23. The fraction of sp³-hybridized carbons (Fsp3) is 0.250. The molecule has 0 aliphatic rings. The van der Waals surface area contributed by atoms with Gasteiger partial charge < -0.3 is 10.4 Å². The van der Waals surface area contributed by atoms with Crippen LogP contribution in [-0.2, 0) is 9.59 Å². The number of amides is 1. The van der Waals surface area contributed by atoms with Crippen LogP contribution in [0.15, 0.2) is 41.1 Å². The summed E-state index contributed by atoms with van der Waals surface area (Å²) in [5.74, 6) is -1.49. The average Bonchev–Trinajstić information content (AvgIpc) is 3.00. The number of hydrogen-bond acceptors (Lipinski definition) is 3. The molecule has 0 saturated heterocycles. The van der Waals surface area contributed by atoms with Crippen LogP contribution in [0.1, 0.15) is 36.4 Å². The lowest BCUT2D eigenvalue weighted by Crippen LogP contribution is -2.33. The Morgan fingerprint density at radius 1 is 1.23 bits per heavy atom. The lowest BCUT2D eigenvalue weighted by atomic mass is 10.00. The summed E-state index contributed by atoms with van der Waals surface area (Å²) < 4.78 is 0. The topological polar surface area (TPSA) is 66.4 Å². The third kappa shape index (κ3) is 4.32. The van der Waals surface area contributed by atoms with Crippen molar-refractivity contribution in [3.05, 3.63) is 57.2 Å². The predicted molar refractivity (Wildman–Crippen MR) is 87.3 cm³/mol. The molecule has 2 rings (SSSR count). The first-order valence-corrected chi connectivity index (χ1v) is 8.09. The highest BCUT2D eigenvalue weighted by Gasteiger charge is 2.22. The molecule has 4 nitrogen and oxygen atoms in total. The van der Waals surface area contributed by atoms with E-state index in [0.717, 1.165) is 11.1 Å². The van der Waals surface area contributed by atoms with Crippen LogP contribution in [0.3, 0.4) is 0 Å². The Morgan fingerprint density at radius 2 is 1.91 bits per heavy atom. The summed E-state index contributed by atoms with van der Waals surface area (Å²) in [4.78, 5) is 23.4. The molecule has 1 aromatic heterocycles. The standard InChI is InChI=1S/C16H16ClNO3S/c1-10(12-6-7-22-9-12)16(21)18-14(8-15(19)20)11-2-4-13(17)5-3-11/h2-7,9-10,14H,8H2,1H3,(H,18,21)(H,19,20)/t10?,14-/m0/s1. The van der Waals surface area contributed by atoms with Crippen molar-refractivity contribution in [2.24, 2.45) is 0 Å². The number of nitrogens with one attached hydrogen (secondary N) is 1. The molecule has 0 saturated carbocycles. The minimum atomic E-state index is -0.969. The summed E-state index contributed by atoms with van der Waals surface area (Å²) in [5.41, 5.74) is 1.64. The van der Waals surface area contributed by atoms with Crippen LogP contribution in [-0.4, -0.2) is 17.0 Å². The molecule has 0 aliphatic carbocycles. The zero-order valence-corrected chi connectivity index (χ0v) is 13.5. The summed E-state index contributed by atoms with van der Waals surface area (Å²) in [6, 6.07) is 8.13. The number of carbonyl (C=O) groups excluding carboxylic acids is 1. The van der Waals surface area contributed by atoms with Gasteiger partial charge in [0, 0.05) is 5.02 Å². The second kappa shape index (κ2) is 7.42. The van der Waals surface area contributed by atoms with Gasteiger partial charge in [0.15, 0.2) is 0 Å². The Balaban J connectivity index is 2.14. The lowest BCUT2D eigenvalue weighted by Gasteiger charge is -2.20. The summed E-state index contributed by atoms with van der Waals surface area (Å²) >= 11 is 7.37. The molecular formula is C16H16ClNO3S. The van der Waals surface area contributed by atoms with E-state index in [1.54, 1.807) is 31.2 Å². The number of carboxylic acid groups (broad SMARTS) is 1. The van der Waals surface area contributed by atoms with Crippen molar-refractivity contribution in [1.29, 1.82) is 0 Å². The van der Waals surface area contributed by atoms with E-state index >= 15 is 0 Å². The van der Waals surface area contributed by atoms with Crippen molar-refractivity contribution >= 4 is 34.8 Å². The SMILES string of the molecule is CC(C(=O)N[C@@H](CC(=O)O)c1ccc(Cl)cc1)c1ccsc1. The molecule has 0 spiro atoms. The van der Waals surface area contributed by atoms with E-state index in [-0.39, 0.29) is 18.2 Å². The molecule has 2 atom stereocenters. The van der Waals surface area contributed by atoms with Gasteiger partial charge in [-0.3, -0.25) is 9.59 Å². The van der Waals surface area contributed by atoms with Crippen molar-refractivity contribution < 1.29 is 14.7 Å². The Hall–Kier alpha value is -1.85. The molecule has 1 unspecified atom stereocenters. The molecule has 2 N–H and O–H groups in total. The van der Waals surface area contributed by atoms with Crippen LogP contribution in [0.5, 0.6) is 0 Å². The highest BCUT2D eigenvalue weighted by atomic mass is 35.5. The van der Waals surface area contributed by atoms with E-state index in [1.165, 1.54) is 11.3 Å². The first kappa shape index (κ1) is 16.5. The Morgan fingerprint density at radius 3 is 2.45 bits per heavy atom. The molecule has 0 bridgehead atoms. The molecule has 1 aromatic carbocycles. The van der Waals surface area contributed by atoms with Gasteiger partial charge >= 0.3 is 5.97 Å². The van der Waals surface area contributed by atoms with Gasteiger partial charge in [-0.15, -0.1) is 0 Å². The maximum Gasteiger partial charge on any atom is 0.305 e.